The zero-order valence-corrected chi connectivity index (χ0v) is 17.3. The molecule has 0 amide bonds. The maximum absolute atomic E-state index is 9.55. The molecular formula is C20H19ClINO2. The van der Waals surface area contributed by atoms with E-state index < -0.39 is 0 Å². The molecular weight excluding hydrogens is 449 g/mol. The molecule has 3 nitrogen and oxygen atoms in total. The van der Waals surface area contributed by atoms with Gasteiger partial charge in [-0.05, 0) is 73.2 Å². The van der Waals surface area contributed by atoms with Crippen LogP contribution in [0, 0.1) is 14.9 Å². The van der Waals surface area contributed by atoms with Crippen LogP contribution in [0.25, 0.3) is 11.6 Å². The van der Waals surface area contributed by atoms with Gasteiger partial charge in [-0.3, -0.25) is 0 Å². The second-order valence-corrected chi connectivity index (χ2v) is 7.15. The van der Waals surface area contributed by atoms with Gasteiger partial charge >= 0.3 is 0 Å². The number of hydrogen-bond acceptors (Lipinski definition) is 3. The van der Waals surface area contributed by atoms with E-state index in [-0.39, 0.29) is 6.10 Å². The second kappa shape index (κ2) is 9.12. The summed E-state index contributed by atoms with van der Waals surface area (Å²) in [7, 11) is 0. The minimum absolute atomic E-state index is 0.0481. The van der Waals surface area contributed by atoms with Crippen molar-refractivity contribution in [1.82, 2.24) is 0 Å². The Balaban J connectivity index is 2.52. The van der Waals surface area contributed by atoms with E-state index >= 15 is 0 Å². The van der Waals surface area contributed by atoms with Crippen molar-refractivity contribution in [3.05, 3.63) is 56.1 Å². The Labute approximate surface area is 167 Å². The lowest BCUT2D eigenvalue weighted by molar-refractivity contribution is 0.222. The first-order valence-electron chi connectivity index (χ1n) is 7.96. The van der Waals surface area contributed by atoms with E-state index in [1.807, 2.05) is 57.2 Å². The van der Waals surface area contributed by atoms with Gasteiger partial charge in [0.2, 0.25) is 0 Å². The normalized spacial score (nSPS) is 11.3. The summed E-state index contributed by atoms with van der Waals surface area (Å²) in [5, 5.41) is 10.1. The second-order valence-electron chi connectivity index (χ2n) is 5.58. The summed E-state index contributed by atoms with van der Waals surface area (Å²) in [4.78, 5) is 0. The zero-order valence-electron chi connectivity index (χ0n) is 14.3. The molecule has 0 radical (unpaired) electrons. The molecule has 0 aliphatic carbocycles. The van der Waals surface area contributed by atoms with E-state index in [9.17, 15) is 5.26 Å². The number of hydrogen-bond donors (Lipinski definition) is 0. The average molecular weight is 468 g/mol. The van der Waals surface area contributed by atoms with Crippen LogP contribution in [-0.2, 0) is 0 Å². The van der Waals surface area contributed by atoms with Gasteiger partial charge in [0.05, 0.1) is 27.9 Å². The molecule has 0 spiro atoms. The van der Waals surface area contributed by atoms with Crippen molar-refractivity contribution in [1.29, 1.82) is 5.26 Å². The highest BCUT2D eigenvalue weighted by molar-refractivity contribution is 14.1. The van der Waals surface area contributed by atoms with E-state index in [1.165, 1.54) is 0 Å². The first-order valence-corrected chi connectivity index (χ1v) is 9.41. The molecule has 0 heterocycles. The van der Waals surface area contributed by atoms with Crippen LogP contribution in [0.4, 0.5) is 0 Å². The number of nitriles is 1. The Bertz CT molecular complexity index is 825. The molecule has 0 atom stereocenters. The molecule has 0 fully saturated rings. The highest BCUT2D eigenvalue weighted by Gasteiger charge is 2.14. The smallest absolute Gasteiger partial charge is 0.174 e. The van der Waals surface area contributed by atoms with Gasteiger partial charge in [0.1, 0.15) is 0 Å². The number of nitrogens with zero attached hydrogens (tertiary/aromatic N) is 1. The largest absolute Gasteiger partial charge is 0.490 e. The monoisotopic (exact) mass is 467 g/mol. The summed E-state index contributed by atoms with van der Waals surface area (Å²) < 4.78 is 12.5. The minimum Gasteiger partial charge on any atom is -0.490 e. The molecule has 0 aliphatic heterocycles. The van der Waals surface area contributed by atoms with Crippen LogP contribution >= 0.6 is 34.2 Å². The maximum atomic E-state index is 9.55. The maximum Gasteiger partial charge on any atom is 0.174 e. The zero-order chi connectivity index (χ0) is 18.4. The number of allylic oxidation sites excluding steroid dienone is 1. The van der Waals surface area contributed by atoms with Gasteiger partial charge in [0.15, 0.2) is 11.5 Å². The van der Waals surface area contributed by atoms with Crippen LogP contribution in [-0.4, -0.2) is 12.7 Å². The van der Waals surface area contributed by atoms with Gasteiger partial charge in [0, 0.05) is 10.6 Å². The Morgan fingerprint density at radius 2 is 2.04 bits per heavy atom. The predicted molar refractivity (Wildman–Crippen MR) is 111 cm³/mol. The summed E-state index contributed by atoms with van der Waals surface area (Å²) in [6, 6.07) is 13.4. The van der Waals surface area contributed by atoms with E-state index in [0.29, 0.717) is 28.5 Å². The van der Waals surface area contributed by atoms with Crippen LogP contribution in [0.5, 0.6) is 11.5 Å². The number of rotatable bonds is 6. The first-order chi connectivity index (χ1) is 12.0. The molecule has 2 rings (SSSR count). The Kier molecular flexibility index (Phi) is 7.15. The highest BCUT2D eigenvalue weighted by Crippen LogP contribution is 2.36. The summed E-state index contributed by atoms with van der Waals surface area (Å²) in [5.41, 5.74) is 2.07. The number of halogens is 2. The molecule has 130 valence electrons. The van der Waals surface area contributed by atoms with Crippen LogP contribution in [0.2, 0.25) is 5.02 Å². The molecule has 0 saturated carbocycles. The van der Waals surface area contributed by atoms with Gasteiger partial charge in [-0.25, -0.2) is 0 Å². The van der Waals surface area contributed by atoms with Gasteiger partial charge < -0.3 is 9.47 Å². The van der Waals surface area contributed by atoms with E-state index in [1.54, 1.807) is 6.07 Å². The lowest BCUT2D eigenvalue weighted by Gasteiger charge is -2.17. The fraction of sp³-hybridized carbons (Fsp3) is 0.250. The Morgan fingerprint density at radius 3 is 2.64 bits per heavy atom. The van der Waals surface area contributed by atoms with Crippen molar-refractivity contribution >= 4 is 45.8 Å². The lowest BCUT2D eigenvalue weighted by atomic mass is 10.0. The van der Waals surface area contributed by atoms with E-state index in [4.69, 9.17) is 21.1 Å². The van der Waals surface area contributed by atoms with Crippen LogP contribution < -0.4 is 9.47 Å². The van der Waals surface area contributed by atoms with Crippen LogP contribution in [0.15, 0.2) is 36.4 Å². The predicted octanol–water partition coefficient (Wildman–Crippen LogP) is 6.19. The summed E-state index contributed by atoms with van der Waals surface area (Å²) in [6.45, 7) is 6.42. The molecule has 5 heteroatoms. The third-order valence-corrected chi connectivity index (χ3v) is 4.41. The fourth-order valence-electron chi connectivity index (χ4n) is 2.30. The molecule has 2 aromatic carbocycles. The third kappa shape index (κ3) is 5.13. The van der Waals surface area contributed by atoms with Crippen molar-refractivity contribution < 1.29 is 9.47 Å². The van der Waals surface area contributed by atoms with Gasteiger partial charge in [0.25, 0.3) is 0 Å². The van der Waals surface area contributed by atoms with Gasteiger partial charge in [-0.2, -0.15) is 5.26 Å². The standard InChI is InChI=1S/C20H19ClINO2/c1-4-24-19-11-14(10-18(22)20(19)25-13(2)3)9-15(12-23)16-7-5-6-8-17(16)21/h5-11,13H,4H2,1-3H3. The van der Waals surface area contributed by atoms with Crippen molar-refractivity contribution in [2.75, 3.05) is 6.61 Å². The Hall–Kier alpha value is -1.71. The van der Waals surface area contributed by atoms with Crippen molar-refractivity contribution in [2.45, 2.75) is 26.9 Å². The van der Waals surface area contributed by atoms with Crippen molar-refractivity contribution in [2.24, 2.45) is 0 Å². The highest BCUT2D eigenvalue weighted by atomic mass is 127. The molecule has 0 unspecified atom stereocenters. The van der Waals surface area contributed by atoms with Crippen molar-refractivity contribution in [3.8, 4) is 17.6 Å². The van der Waals surface area contributed by atoms with Crippen LogP contribution in [0.1, 0.15) is 31.9 Å². The first kappa shape index (κ1) is 19.6. The Morgan fingerprint density at radius 1 is 1.32 bits per heavy atom. The molecule has 0 aliphatic rings. The molecule has 25 heavy (non-hydrogen) atoms. The quantitative estimate of drug-likeness (QED) is 0.289. The fourth-order valence-corrected chi connectivity index (χ4v) is 3.29. The van der Waals surface area contributed by atoms with Gasteiger partial charge in [-0.15, -0.1) is 0 Å². The van der Waals surface area contributed by atoms with E-state index in [0.717, 1.165) is 14.9 Å². The summed E-state index contributed by atoms with van der Waals surface area (Å²) >= 11 is 8.44. The van der Waals surface area contributed by atoms with E-state index in [2.05, 4.69) is 28.7 Å². The SMILES string of the molecule is CCOc1cc(C=C(C#N)c2ccccc2Cl)cc(I)c1OC(C)C. The number of ether oxygens (including phenoxy) is 2. The topological polar surface area (TPSA) is 42.2 Å². The molecule has 0 aromatic heterocycles. The van der Waals surface area contributed by atoms with Crippen molar-refractivity contribution in [3.63, 3.8) is 0 Å². The average Bonchev–Trinajstić information content (AvgIpc) is 2.56. The molecule has 2 aromatic rings. The lowest BCUT2D eigenvalue weighted by Crippen LogP contribution is -2.09. The minimum atomic E-state index is 0.0481. The molecule has 0 saturated heterocycles. The summed E-state index contributed by atoms with van der Waals surface area (Å²) in [6.07, 6.45) is 1.86. The molecule has 0 N–H and O–H groups in total. The molecule has 0 bridgehead atoms. The number of benzene rings is 2. The van der Waals surface area contributed by atoms with Gasteiger partial charge in [-0.1, -0.05) is 29.8 Å². The third-order valence-electron chi connectivity index (χ3n) is 3.28. The summed E-state index contributed by atoms with van der Waals surface area (Å²) in [5.74, 6) is 1.40. The van der Waals surface area contributed by atoms with Crippen LogP contribution in [0.3, 0.4) is 0 Å².